The summed E-state index contributed by atoms with van der Waals surface area (Å²) in [6, 6.07) is 7.18. The Morgan fingerprint density at radius 1 is 0.923 bits per heavy atom. The van der Waals surface area contributed by atoms with Crippen molar-refractivity contribution < 1.29 is 22.4 Å². The van der Waals surface area contributed by atoms with E-state index in [0.29, 0.717) is 6.54 Å². The van der Waals surface area contributed by atoms with Gasteiger partial charge in [0.05, 0.1) is 6.54 Å². The van der Waals surface area contributed by atoms with Crippen LogP contribution in [0.2, 0.25) is 0 Å². The van der Waals surface area contributed by atoms with Gasteiger partial charge in [0.25, 0.3) is 0 Å². The first kappa shape index (κ1) is 19.9. The zero-order valence-electron chi connectivity index (χ0n) is 14.4. The van der Waals surface area contributed by atoms with Crippen LogP contribution in [0.4, 0.5) is 17.6 Å². The zero-order chi connectivity index (χ0) is 19.1. The lowest BCUT2D eigenvalue weighted by Gasteiger charge is -2.20. The lowest BCUT2D eigenvalue weighted by molar-refractivity contribution is -0.122. The fraction of sp³-hybridized carbons (Fsp3) is 0.316. The van der Waals surface area contributed by atoms with E-state index in [1.165, 1.54) is 12.1 Å². The van der Waals surface area contributed by atoms with Crippen LogP contribution in [0.25, 0.3) is 0 Å². The molecule has 2 aromatic carbocycles. The molecule has 0 aliphatic carbocycles. The topological polar surface area (TPSA) is 32.3 Å². The highest BCUT2D eigenvalue weighted by molar-refractivity contribution is 5.78. The number of nitrogens with zero attached hydrogens (tertiary/aromatic N) is 1. The van der Waals surface area contributed by atoms with Crippen molar-refractivity contribution in [2.45, 2.75) is 19.9 Å². The third kappa shape index (κ3) is 5.29. The van der Waals surface area contributed by atoms with E-state index < -0.39 is 23.3 Å². The fourth-order valence-electron chi connectivity index (χ4n) is 2.54. The quantitative estimate of drug-likeness (QED) is 0.724. The van der Waals surface area contributed by atoms with E-state index in [0.717, 1.165) is 24.3 Å². The van der Waals surface area contributed by atoms with Crippen LogP contribution in [0.1, 0.15) is 18.1 Å². The molecule has 0 radical (unpaired) electrons. The second-order valence-corrected chi connectivity index (χ2v) is 5.80. The number of carbonyl (C=O) groups excluding carboxylic acids is 1. The van der Waals surface area contributed by atoms with Crippen molar-refractivity contribution in [3.8, 4) is 0 Å². The largest absolute Gasteiger partial charge is 0.355 e. The summed E-state index contributed by atoms with van der Waals surface area (Å²) in [5, 5.41) is 2.56. The minimum absolute atomic E-state index is 0.0122. The van der Waals surface area contributed by atoms with Crippen molar-refractivity contribution in [3.05, 3.63) is 70.8 Å². The van der Waals surface area contributed by atoms with Crippen LogP contribution in [0.15, 0.2) is 36.4 Å². The third-order valence-electron chi connectivity index (χ3n) is 4.02. The lowest BCUT2D eigenvalue weighted by atomic mass is 10.1. The van der Waals surface area contributed by atoms with Crippen molar-refractivity contribution in [2.75, 3.05) is 19.6 Å². The van der Waals surface area contributed by atoms with Gasteiger partial charge in [-0.15, -0.1) is 0 Å². The van der Waals surface area contributed by atoms with Gasteiger partial charge >= 0.3 is 0 Å². The van der Waals surface area contributed by atoms with Gasteiger partial charge in [0.1, 0.15) is 23.3 Å². The molecule has 2 aromatic rings. The zero-order valence-corrected chi connectivity index (χ0v) is 14.4. The molecule has 1 amide bonds. The molecular formula is C19H20F4N2O. The molecule has 0 aliphatic rings. The van der Waals surface area contributed by atoms with Crippen LogP contribution in [-0.4, -0.2) is 30.4 Å². The van der Waals surface area contributed by atoms with E-state index in [1.54, 1.807) is 11.8 Å². The van der Waals surface area contributed by atoms with Gasteiger partial charge in [0, 0.05) is 24.2 Å². The van der Waals surface area contributed by atoms with Crippen molar-refractivity contribution in [2.24, 2.45) is 0 Å². The maximum atomic E-state index is 13.7. The van der Waals surface area contributed by atoms with Crippen LogP contribution >= 0.6 is 0 Å². The molecule has 26 heavy (non-hydrogen) atoms. The number of carbonyl (C=O) groups is 1. The van der Waals surface area contributed by atoms with Gasteiger partial charge in [-0.05, 0) is 37.2 Å². The predicted molar refractivity (Wildman–Crippen MR) is 90.4 cm³/mol. The van der Waals surface area contributed by atoms with Gasteiger partial charge < -0.3 is 5.32 Å². The van der Waals surface area contributed by atoms with Gasteiger partial charge in [-0.3, -0.25) is 9.69 Å². The van der Waals surface area contributed by atoms with E-state index in [4.69, 9.17) is 0 Å². The second-order valence-electron chi connectivity index (χ2n) is 5.80. The van der Waals surface area contributed by atoms with Gasteiger partial charge in [-0.2, -0.15) is 0 Å². The Balaban J connectivity index is 1.87. The highest BCUT2D eigenvalue weighted by atomic mass is 19.1. The third-order valence-corrected chi connectivity index (χ3v) is 4.02. The first-order chi connectivity index (χ1) is 12.4. The van der Waals surface area contributed by atoms with Crippen LogP contribution in [0.5, 0.6) is 0 Å². The molecular weight excluding hydrogens is 348 g/mol. The molecule has 0 spiro atoms. The second kappa shape index (κ2) is 9.33. The van der Waals surface area contributed by atoms with Gasteiger partial charge in [0.15, 0.2) is 0 Å². The average Bonchev–Trinajstić information content (AvgIpc) is 2.59. The normalized spacial score (nSPS) is 11.0. The molecule has 0 aliphatic heterocycles. The molecule has 1 N–H and O–H groups in total. The average molecular weight is 368 g/mol. The van der Waals surface area contributed by atoms with E-state index in [-0.39, 0.29) is 43.1 Å². The summed E-state index contributed by atoms with van der Waals surface area (Å²) in [6.45, 7) is 2.10. The molecule has 3 nitrogen and oxygen atoms in total. The number of nitrogens with one attached hydrogen (secondary N) is 1. The minimum atomic E-state index is -0.668. The molecule has 0 saturated carbocycles. The number of halogens is 4. The summed E-state index contributed by atoms with van der Waals surface area (Å²) in [4.78, 5) is 13.6. The Labute approximate surface area is 149 Å². The first-order valence-corrected chi connectivity index (χ1v) is 8.27. The number of amides is 1. The standard InChI is InChI=1S/C19H20F4N2O/c1-2-25(11-14-17(22)7-4-8-18(14)23)12-19(26)24-10-9-13-15(20)5-3-6-16(13)21/h3-8H,2,9-12H2,1H3,(H,24,26). The Hall–Kier alpha value is -2.41. The summed E-state index contributed by atoms with van der Waals surface area (Å²) in [7, 11) is 0. The maximum absolute atomic E-state index is 13.7. The van der Waals surface area contributed by atoms with Crippen LogP contribution in [0, 0.1) is 23.3 Å². The van der Waals surface area contributed by atoms with Crippen molar-refractivity contribution in [3.63, 3.8) is 0 Å². The highest BCUT2D eigenvalue weighted by Gasteiger charge is 2.15. The van der Waals surface area contributed by atoms with E-state index in [9.17, 15) is 22.4 Å². The van der Waals surface area contributed by atoms with Crippen molar-refractivity contribution in [1.29, 1.82) is 0 Å². The molecule has 0 bridgehead atoms. The summed E-state index contributed by atoms with van der Waals surface area (Å²) in [5.74, 6) is -3.05. The smallest absolute Gasteiger partial charge is 0.234 e. The molecule has 0 fully saturated rings. The number of hydrogen-bond acceptors (Lipinski definition) is 2. The summed E-state index contributed by atoms with van der Waals surface area (Å²) in [5.41, 5.74) is -0.191. The SMILES string of the molecule is CCN(CC(=O)NCCc1c(F)cccc1F)Cc1c(F)cccc1F. The Morgan fingerprint density at radius 2 is 1.42 bits per heavy atom. The monoisotopic (exact) mass is 368 g/mol. The van der Waals surface area contributed by atoms with Crippen LogP contribution in [-0.2, 0) is 17.8 Å². The van der Waals surface area contributed by atoms with Crippen LogP contribution < -0.4 is 5.32 Å². The summed E-state index contributed by atoms with van der Waals surface area (Å²) >= 11 is 0. The molecule has 0 aromatic heterocycles. The van der Waals surface area contributed by atoms with Crippen molar-refractivity contribution in [1.82, 2.24) is 10.2 Å². The van der Waals surface area contributed by atoms with Gasteiger partial charge in [-0.25, -0.2) is 17.6 Å². The number of rotatable bonds is 8. The van der Waals surface area contributed by atoms with E-state index in [2.05, 4.69) is 5.32 Å². The summed E-state index contributed by atoms with van der Waals surface area (Å²) < 4.78 is 54.5. The van der Waals surface area contributed by atoms with Gasteiger partial charge in [0.2, 0.25) is 5.91 Å². The maximum Gasteiger partial charge on any atom is 0.234 e. The molecule has 0 heterocycles. The lowest BCUT2D eigenvalue weighted by Crippen LogP contribution is -2.38. The molecule has 140 valence electrons. The number of likely N-dealkylation sites (N-methyl/N-ethyl adjacent to an activating group) is 1. The van der Waals surface area contributed by atoms with E-state index >= 15 is 0 Å². The molecule has 7 heteroatoms. The predicted octanol–water partition coefficient (Wildman–Crippen LogP) is 3.42. The highest BCUT2D eigenvalue weighted by Crippen LogP contribution is 2.15. The molecule has 0 atom stereocenters. The Bertz CT molecular complexity index is 727. The van der Waals surface area contributed by atoms with Crippen molar-refractivity contribution >= 4 is 5.91 Å². The Kier molecular flexibility index (Phi) is 7.15. The molecule has 2 rings (SSSR count). The number of hydrogen-bond donors (Lipinski definition) is 1. The molecule has 0 saturated heterocycles. The first-order valence-electron chi connectivity index (χ1n) is 8.27. The number of benzene rings is 2. The van der Waals surface area contributed by atoms with Crippen LogP contribution in [0.3, 0.4) is 0 Å². The van der Waals surface area contributed by atoms with Gasteiger partial charge in [-0.1, -0.05) is 19.1 Å². The minimum Gasteiger partial charge on any atom is -0.355 e. The fourth-order valence-corrected chi connectivity index (χ4v) is 2.54. The van der Waals surface area contributed by atoms with E-state index in [1.807, 2.05) is 0 Å². The Morgan fingerprint density at radius 3 is 1.92 bits per heavy atom. The summed E-state index contributed by atoms with van der Waals surface area (Å²) in [6.07, 6.45) is 0.0122. The molecule has 0 unspecified atom stereocenters.